The van der Waals surface area contributed by atoms with Gasteiger partial charge >= 0.3 is 0 Å². The van der Waals surface area contributed by atoms with Gasteiger partial charge < -0.3 is 15.5 Å². The van der Waals surface area contributed by atoms with Crippen LogP contribution in [0.1, 0.15) is 40.0 Å². The monoisotopic (exact) mass is 338 g/mol. The molecule has 1 unspecified atom stereocenters. The summed E-state index contributed by atoms with van der Waals surface area (Å²) in [6, 6.07) is 0.409. The van der Waals surface area contributed by atoms with Crippen LogP contribution in [0.4, 0.5) is 0 Å². The Morgan fingerprint density at radius 3 is 2.54 bits per heavy atom. The molecule has 2 N–H and O–H groups in total. The lowest BCUT2D eigenvalue weighted by molar-refractivity contribution is -0.137. The zero-order valence-corrected chi connectivity index (χ0v) is 15.5. The first-order valence-electron chi connectivity index (χ1n) is 9.47. The number of hydrogen-bond donors (Lipinski definition) is 2. The molecule has 0 aromatic rings. The summed E-state index contributed by atoms with van der Waals surface area (Å²) in [4.78, 5) is 28.9. The molecule has 1 atom stereocenters. The highest BCUT2D eigenvalue weighted by molar-refractivity contribution is 5.80. The van der Waals surface area contributed by atoms with Crippen molar-refractivity contribution in [2.45, 2.75) is 46.1 Å². The zero-order chi connectivity index (χ0) is 17.5. The molecule has 2 saturated heterocycles. The fourth-order valence-electron chi connectivity index (χ4n) is 3.41. The van der Waals surface area contributed by atoms with Crippen LogP contribution in [0, 0.1) is 11.8 Å². The molecule has 2 aliphatic heterocycles. The molecular formula is C18H34N4O2. The summed E-state index contributed by atoms with van der Waals surface area (Å²) in [5.74, 6) is 1.05. The fourth-order valence-corrected chi connectivity index (χ4v) is 3.41. The molecule has 2 fully saturated rings. The van der Waals surface area contributed by atoms with E-state index in [0.29, 0.717) is 31.6 Å². The summed E-state index contributed by atoms with van der Waals surface area (Å²) < 4.78 is 0. The first kappa shape index (κ1) is 19.2. The number of carbonyl (C=O) groups excluding carboxylic acids is 2. The molecule has 0 saturated carbocycles. The number of nitrogens with zero attached hydrogens (tertiary/aromatic N) is 2. The van der Waals surface area contributed by atoms with Gasteiger partial charge in [-0.15, -0.1) is 0 Å². The molecule has 2 aliphatic rings. The van der Waals surface area contributed by atoms with Gasteiger partial charge in [0.1, 0.15) is 0 Å². The number of piperazine rings is 1. The van der Waals surface area contributed by atoms with E-state index in [1.165, 1.54) is 0 Å². The van der Waals surface area contributed by atoms with Gasteiger partial charge in [0.05, 0.1) is 6.54 Å². The Bertz CT molecular complexity index is 419. The van der Waals surface area contributed by atoms with Gasteiger partial charge in [-0.2, -0.15) is 0 Å². The second-order valence-electron chi connectivity index (χ2n) is 7.65. The lowest BCUT2D eigenvalue weighted by Crippen LogP contribution is -2.54. The minimum Gasteiger partial charge on any atom is -0.356 e. The molecule has 0 radical (unpaired) electrons. The van der Waals surface area contributed by atoms with Gasteiger partial charge in [0.25, 0.3) is 0 Å². The van der Waals surface area contributed by atoms with Crippen molar-refractivity contribution >= 4 is 11.8 Å². The maximum atomic E-state index is 12.5. The lowest BCUT2D eigenvalue weighted by atomic mass is 9.95. The van der Waals surface area contributed by atoms with Crippen LogP contribution in [0.3, 0.4) is 0 Å². The van der Waals surface area contributed by atoms with E-state index in [-0.39, 0.29) is 17.7 Å². The summed E-state index contributed by atoms with van der Waals surface area (Å²) >= 11 is 0. The molecule has 2 rings (SSSR count). The minimum absolute atomic E-state index is 0.0688. The van der Waals surface area contributed by atoms with Gasteiger partial charge in [0.15, 0.2) is 0 Å². The highest BCUT2D eigenvalue weighted by atomic mass is 16.2. The van der Waals surface area contributed by atoms with Crippen molar-refractivity contribution < 1.29 is 9.59 Å². The van der Waals surface area contributed by atoms with Gasteiger partial charge in [0.2, 0.25) is 11.8 Å². The van der Waals surface area contributed by atoms with Crippen molar-refractivity contribution in [1.82, 2.24) is 20.4 Å². The van der Waals surface area contributed by atoms with Gasteiger partial charge in [0, 0.05) is 51.2 Å². The number of amides is 2. The van der Waals surface area contributed by atoms with Crippen LogP contribution in [0.5, 0.6) is 0 Å². The Morgan fingerprint density at radius 1 is 1.21 bits per heavy atom. The molecule has 2 heterocycles. The summed E-state index contributed by atoms with van der Waals surface area (Å²) in [6.45, 7) is 12.0. The minimum atomic E-state index is 0.0688. The average Bonchev–Trinajstić information content (AvgIpc) is 2.56. The highest BCUT2D eigenvalue weighted by Gasteiger charge is 2.29. The fraction of sp³-hybridized carbons (Fsp3) is 0.889. The van der Waals surface area contributed by atoms with E-state index in [1.807, 2.05) is 4.90 Å². The summed E-state index contributed by atoms with van der Waals surface area (Å²) in [5.41, 5.74) is 0. The smallest absolute Gasteiger partial charge is 0.236 e. The average molecular weight is 338 g/mol. The highest BCUT2D eigenvalue weighted by Crippen LogP contribution is 2.18. The summed E-state index contributed by atoms with van der Waals surface area (Å²) in [6.07, 6.45) is 2.60. The number of carbonyl (C=O) groups is 2. The van der Waals surface area contributed by atoms with Gasteiger partial charge in [-0.1, -0.05) is 13.8 Å². The van der Waals surface area contributed by atoms with E-state index >= 15 is 0 Å². The molecule has 138 valence electrons. The topological polar surface area (TPSA) is 64.7 Å². The number of likely N-dealkylation sites (tertiary alicyclic amines) is 1. The zero-order valence-electron chi connectivity index (χ0n) is 15.5. The van der Waals surface area contributed by atoms with Gasteiger partial charge in [-0.25, -0.2) is 0 Å². The Kier molecular flexibility index (Phi) is 7.49. The molecule has 2 amide bonds. The summed E-state index contributed by atoms with van der Waals surface area (Å²) in [5, 5.41) is 6.39. The molecule has 0 aromatic carbocycles. The standard InChI is InChI=1S/C18H34N4O2/c1-14(2)4-7-20-18(24)16-5-9-21(10-6-16)17(23)13-22-11-8-19-12-15(22)3/h14-16,19H,4-13H2,1-3H3,(H,20,24). The Labute approximate surface area is 146 Å². The molecule has 0 spiro atoms. The number of hydrogen-bond acceptors (Lipinski definition) is 4. The number of piperidine rings is 1. The number of rotatable bonds is 6. The maximum absolute atomic E-state index is 12.5. The van der Waals surface area contributed by atoms with Gasteiger partial charge in [-0.3, -0.25) is 14.5 Å². The van der Waals surface area contributed by atoms with E-state index in [1.54, 1.807) is 0 Å². The largest absolute Gasteiger partial charge is 0.356 e. The molecule has 0 aliphatic carbocycles. The van der Waals surface area contributed by atoms with Crippen molar-refractivity contribution in [1.29, 1.82) is 0 Å². The Morgan fingerprint density at radius 2 is 1.92 bits per heavy atom. The third-order valence-electron chi connectivity index (χ3n) is 5.22. The van der Waals surface area contributed by atoms with Crippen molar-refractivity contribution in [3.05, 3.63) is 0 Å². The third-order valence-corrected chi connectivity index (χ3v) is 5.22. The van der Waals surface area contributed by atoms with Crippen LogP contribution in [0.25, 0.3) is 0 Å². The van der Waals surface area contributed by atoms with E-state index in [2.05, 4.69) is 36.3 Å². The SMILES string of the molecule is CC(C)CCNC(=O)C1CCN(C(=O)CN2CCNCC2C)CC1. The van der Waals surface area contributed by atoms with Crippen LogP contribution < -0.4 is 10.6 Å². The summed E-state index contributed by atoms with van der Waals surface area (Å²) in [7, 11) is 0. The van der Waals surface area contributed by atoms with Crippen molar-refractivity contribution in [2.75, 3.05) is 45.8 Å². The van der Waals surface area contributed by atoms with Crippen molar-refractivity contribution in [2.24, 2.45) is 11.8 Å². The second-order valence-corrected chi connectivity index (χ2v) is 7.65. The quantitative estimate of drug-likeness (QED) is 0.748. The molecule has 0 bridgehead atoms. The van der Waals surface area contributed by atoms with Crippen LogP contribution in [-0.4, -0.2) is 73.5 Å². The lowest BCUT2D eigenvalue weighted by Gasteiger charge is -2.36. The van der Waals surface area contributed by atoms with Crippen LogP contribution in [-0.2, 0) is 9.59 Å². The predicted octanol–water partition coefficient (Wildman–Crippen LogP) is 0.681. The normalized spacial score (nSPS) is 23.5. The van der Waals surface area contributed by atoms with Crippen LogP contribution in [0.15, 0.2) is 0 Å². The van der Waals surface area contributed by atoms with Crippen molar-refractivity contribution in [3.8, 4) is 0 Å². The van der Waals surface area contributed by atoms with Gasteiger partial charge in [-0.05, 0) is 32.1 Å². The molecule has 24 heavy (non-hydrogen) atoms. The first-order chi connectivity index (χ1) is 11.5. The predicted molar refractivity (Wildman–Crippen MR) is 95.7 cm³/mol. The maximum Gasteiger partial charge on any atom is 0.236 e. The number of nitrogens with one attached hydrogen (secondary N) is 2. The van der Waals surface area contributed by atoms with Crippen LogP contribution in [0.2, 0.25) is 0 Å². The van der Waals surface area contributed by atoms with E-state index in [4.69, 9.17) is 0 Å². The molecule has 6 nitrogen and oxygen atoms in total. The van der Waals surface area contributed by atoms with E-state index in [0.717, 1.165) is 45.4 Å². The Hall–Kier alpha value is -1.14. The first-order valence-corrected chi connectivity index (χ1v) is 9.47. The van der Waals surface area contributed by atoms with E-state index < -0.39 is 0 Å². The van der Waals surface area contributed by atoms with Crippen LogP contribution >= 0.6 is 0 Å². The molecule has 6 heteroatoms. The molecular weight excluding hydrogens is 304 g/mol. The Balaban J connectivity index is 1.69. The van der Waals surface area contributed by atoms with Crippen molar-refractivity contribution in [3.63, 3.8) is 0 Å². The second kappa shape index (κ2) is 9.37. The van der Waals surface area contributed by atoms with E-state index in [9.17, 15) is 9.59 Å². The molecule has 0 aromatic heterocycles. The third kappa shape index (κ3) is 5.74.